The highest BCUT2D eigenvalue weighted by Gasteiger charge is 2.56. The van der Waals surface area contributed by atoms with Gasteiger partial charge < -0.3 is 19.1 Å². The van der Waals surface area contributed by atoms with Crippen LogP contribution in [0.5, 0.6) is 11.5 Å². The number of carbonyl (C=O) groups is 1. The second-order valence-corrected chi connectivity index (χ2v) is 8.02. The van der Waals surface area contributed by atoms with Crippen LogP contribution in [-0.2, 0) is 16.6 Å². The van der Waals surface area contributed by atoms with Crippen molar-refractivity contribution in [2.75, 3.05) is 26.9 Å². The van der Waals surface area contributed by atoms with Gasteiger partial charge in [0.15, 0.2) is 0 Å². The van der Waals surface area contributed by atoms with E-state index < -0.39 is 0 Å². The summed E-state index contributed by atoms with van der Waals surface area (Å²) in [5.74, 6) is 1.87. The highest BCUT2D eigenvalue weighted by molar-refractivity contribution is 5.72. The van der Waals surface area contributed by atoms with Gasteiger partial charge in [0.1, 0.15) is 11.5 Å². The van der Waals surface area contributed by atoms with Gasteiger partial charge in [-0.2, -0.15) is 0 Å². The normalized spacial score (nSPS) is 28.1. The van der Waals surface area contributed by atoms with Crippen LogP contribution < -0.4 is 9.47 Å². The monoisotopic (exact) mass is 379 g/mol. The van der Waals surface area contributed by atoms with Crippen LogP contribution >= 0.6 is 0 Å². The molecule has 0 aromatic heterocycles. The van der Waals surface area contributed by atoms with Gasteiger partial charge in [-0.25, -0.2) is 4.79 Å². The molecule has 0 radical (unpaired) electrons. The summed E-state index contributed by atoms with van der Waals surface area (Å²) in [6.45, 7) is 2.16. The van der Waals surface area contributed by atoms with E-state index in [1.807, 2.05) is 41.3 Å². The zero-order valence-electron chi connectivity index (χ0n) is 16.1. The average molecular weight is 379 g/mol. The second-order valence-electron chi connectivity index (χ2n) is 8.02. The third-order valence-electron chi connectivity index (χ3n) is 6.77. The minimum atomic E-state index is -0.242. The molecule has 3 aliphatic rings. The minimum absolute atomic E-state index is 0.0332. The Labute approximate surface area is 165 Å². The Morgan fingerprint density at radius 1 is 1.18 bits per heavy atom. The molecule has 2 saturated heterocycles. The lowest BCUT2D eigenvalue weighted by atomic mass is 9.56. The summed E-state index contributed by atoms with van der Waals surface area (Å²) in [5.41, 5.74) is 2.61. The third-order valence-corrected chi connectivity index (χ3v) is 6.77. The van der Waals surface area contributed by atoms with E-state index in [0.29, 0.717) is 18.2 Å². The number of hydrogen-bond donors (Lipinski definition) is 0. The molecular formula is C23H25NO4. The lowest BCUT2D eigenvalue weighted by molar-refractivity contribution is -0.0750. The minimum Gasteiger partial charge on any atom is -0.497 e. The van der Waals surface area contributed by atoms with Crippen molar-refractivity contribution in [1.29, 1.82) is 0 Å². The van der Waals surface area contributed by atoms with Gasteiger partial charge in [-0.15, -0.1) is 0 Å². The van der Waals surface area contributed by atoms with Crippen LogP contribution in [0.1, 0.15) is 24.0 Å². The molecule has 2 heterocycles. The first-order valence-corrected chi connectivity index (χ1v) is 10.00. The van der Waals surface area contributed by atoms with E-state index in [0.717, 1.165) is 38.2 Å². The summed E-state index contributed by atoms with van der Waals surface area (Å²) in [6, 6.07) is 15.8. The summed E-state index contributed by atoms with van der Waals surface area (Å²) >= 11 is 0. The fourth-order valence-corrected chi connectivity index (χ4v) is 5.46. The largest absolute Gasteiger partial charge is 0.497 e. The smallest absolute Gasteiger partial charge is 0.415 e. The van der Waals surface area contributed by atoms with E-state index in [-0.39, 0.29) is 17.6 Å². The Hall–Kier alpha value is -2.53. The van der Waals surface area contributed by atoms with Gasteiger partial charge in [-0.05, 0) is 60.6 Å². The molecule has 146 valence electrons. The third kappa shape index (κ3) is 2.68. The highest BCUT2D eigenvalue weighted by atomic mass is 16.6. The van der Waals surface area contributed by atoms with E-state index in [2.05, 4.69) is 12.1 Å². The van der Waals surface area contributed by atoms with Crippen LogP contribution in [0, 0.1) is 5.92 Å². The molecule has 5 heteroatoms. The van der Waals surface area contributed by atoms with Gasteiger partial charge in [0.2, 0.25) is 0 Å². The summed E-state index contributed by atoms with van der Waals surface area (Å²) in [6.07, 6.45) is 2.47. The molecule has 28 heavy (non-hydrogen) atoms. The number of fused-ring (bicyclic) bond motifs is 1. The number of nitrogens with zero attached hydrogens (tertiary/aromatic N) is 1. The number of amides is 1. The Morgan fingerprint density at radius 3 is 2.86 bits per heavy atom. The van der Waals surface area contributed by atoms with Gasteiger partial charge >= 0.3 is 6.09 Å². The van der Waals surface area contributed by atoms with Crippen LogP contribution in [0.15, 0.2) is 48.5 Å². The molecule has 0 N–H and O–H groups in total. The molecule has 2 aromatic rings. The molecule has 5 rings (SSSR count). The van der Waals surface area contributed by atoms with E-state index in [1.165, 1.54) is 11.1 Å². The predicted octanol–water partition coefficient (Wildman–Crippen LogP) is 3.80. The standard InChI is InChI=1S/C23H25NO4/c1-26-18-8-7-16-13-21-19-9-12-27-15-23(19,20(16)14-18)10-11-24(21)22(25)28-17-5-3-2-4-6-17/h2-8,14,19,21H,9-13,15H2,1H3/t19-,21+,23-/m0/s1. The second kappa shape index (κ2) is 6.82. The number of piperidine rings is 1. The molecule has 2 aromatic carbocycles. The molecule has 0 spiro atoms. The van der Waals surface area contributed by atoms with Crippen LogP contribution in [0.25, 0.3) is 0 Å². The number of para-hydroxylation sites is 1. The quantitative estimate of drug-likeness (QED) is 0.796. The number of likely N-dealkylation sites (tertiary alicyclic amines) is 1. The lowest BCUT2D eigenvalue weighted by Gasteiger charge is -2.58. The van der Waals surface area contributed by atoms with E-state index in [1.54, 1.807) is 7.11 Å². The van der Waals surface area contributed by atoms with Crippen molar-refractivity contribution in [3.63, 3.8) is 0 Å². The van der Waals surface area contributed by atoms with Crippen molar-refractivity contribution < 1.29 is 19.0 Å². The van der Waals surface area contributed by atoms with Crippen molar-refractivity contribution in [1.82, 2.24) is 4.90 Å². The number of hydrogen-bond acceptors (Lipinski definition) is 4. The number of rotatable bonds is 2. The predicted molar refractivity (Wildman–Crippen MR) is 105 cm³/mol. The number of carbonyl (C=O) groups excluding carboxylic acids is 1. The molecule has 1 amide bonds. The lowest BCUT2D eigenvalue weighted by Crippen LogP contribution is -2.64. The van der Waals surface area contributed by atoms with Gasteiger partial charge in [0.05, 0.1) is 13.7 Å². The molecular weight excluding hydrogens is 354 g/mol. The van der Waals surface area contributed by atoms with Crippen molar-refractivity contribution >= 4 is 6.09 Å². The average Bonchev–Trinajstić information content (AvgIpc) is 2.74. The summed E-state index contributed by atoms with van der Waals surface area (Å²) < 4.78 is 17.1. The maximum atomic E-state index is 13.0. The molecule has 0 saturated carbocycles. The zero-order valence-corrected chi connectivity index (χ0v) is 16.1. The van der Waals surface area contributed by atoms with Gasteiger partial charge in [-0.3, -0.25) is 0 Å². The fourth-order valence-electron chi connectivity index (χ4n) is 5.46. The van der Waals surface area contributed by atoms with E-state index in [4.69, 9.17) is 14.2 Å². The molecule has 0 unspecified atom stereocenters. The molecule has 2 fully saturated rings. The van der Waals surface area contributed by atoms with Gasteiger partial charge in [0, 0.05) is 24.6 Å². The maximum Gasteiger partial charge on any atom is 0.415 e. The SMILES string of the molecule is COc1ccc2c(c1)[C@]13CCN(C(=O)Oc4ccccc4)[C@H](C2)[C@@H]1CCOC3. The van der Waals surface area contributed by atoms with Crippen LogP contribution in [0.2, 0.25) is 0 Å². The van der Waals surface area contributed by atoms with Crippen molar-refractivity contribution in [3.8, 4) is 11.5 Å². The highest BCUT2D eigenvalue weighted by Crippen LogP contribution is 2.52. The molecule has 1 aliphatic carbocycles. The molecule has 2 aliphatic heterocycles. The van der Waals surface area contributed by atoms with Crippen LogP contribution in [0.3, 0.4) is 0 Å². The fraction of sp³-hybridized carbons (Fsp3) is 0.435. The van der Waals surface area contributed by atoms with Gasteiger partial charge in [0.25, 0.3) is 0 Å². The Kier molecular flexibility index (Phi) is 4.27. The Morgan fingerprint density at radius 2 is 2.04 bits per heavy atom. The number of methoxy groups -OCH3 is 1. The van der Waals surface area contributed by atoms with Gasteiger partial charge in [-0.1, -0.05) is 24.3 Å². The Balaban J connectivity index is 1.49. The summed E-state index contributed by atoms with van der Waals surface area (Å²) in [5, 5.41) is 0. The van der Waals surface area contributed by atoms with Crippen molar-refractivity contribution in [2.45, 2.75) is 30.7 Å². The topological polar surface area (TPSA) is 48.0 Å². The van der Waals surface area contributed by atoms with Crippen molar-refractivity contribution in [3.05, 3.63) is 59.7 Å². The van der Waals surface area contributed by atoms with Crippen molar-refractivity contribution in [2.24, 2.45) is 5.92 Å². The first kappa shape index (κ1) is 17.6. The summed E-state index contributed by atoms with van der Waals surface area (Å²) in [4.78, 5) is 15.0. The van der Waals surface area contributed by atoms with E-state index >= 15 is 0 Å². The maximum absolute atomic E-state index is 13.0. The summed E-state index contributed by atoms with van der Waals surface area (Å²) in [7, 11) is 1.71. The molecule has 2 bridgehead atoms. The number of benzene rings is 2. The Bertz CT molecular complexity index is 883. The zero-order chi connectivity index (χ0) is 19.1. The first-order valence-electron chi connectivity index (χ1n) is 10.00. The molecule has 5 nitrogen and oxygen atoms in total. The number of ether oxygens (including phenoxy) is 3. The van der Waals surface area contributed by atoms with Crippen LogP contribution in [0.4, 0.5) is 4.79 Å². The van der Waals surface area contributed by atoms with Crippen LogP contribution in [-0.4, -0.2) is 43.9 Å². The first-order chi connectivity index (χ1) is 13.7. The van der Waals surface area contributed by atoms with E-state index in [9.17, 15) is 4.79 Å². The molecule has 3 atom stereocenters.